The molecule has 4 nitrogen and oxygen atoms in total. The second kappa shape index (κ2) is 6.20. The third-order valence-electron chi connectivity index (χ3n) is 4.01. The van der Waals surface area contributed by atoms with E-state index >= 15 is 0 Å². The van der Waals surface area contributed by atoms with Gasteiger partial charge in [-0.3, -0.25) is 4.90 Å². The van der Waals surface area contributed by atoms with Crippen LogP contribution in [0.5, 0.6) is 11.6 Å². The SMILES string of the molecule is CC(C)(C)CN1CCc2c(cccc2Oc2ncccc2N)C1. The summed E-state index contributed by atoms with van der Waals surface area (Å²) in [7, 11) is 0. The largest absolute Gasteiger partial charge is 0.437 e. The summed E-state index contributed by atoms with van der Waals surface area (Å²) in [6, 6.07) is 9.87. The second-order valence-electron chi connectivity index (χ2n) is 7.41. The highest BCUT2D eigenvalue weighted by atomic mass is 16.5. The molecule has 23 heavy (non-hydrogen) atoms. The molecule has 0 bridgehead atoms. The molecule has 0 aliphatic carbocycles. The van der Waals surface area contributed by atoms with Crippen LogP contribution in [0.25, 0.3) is 0 Å². The van der Waals surface area contributed by atoms with Gasteiger partial charge in [0.1, 0.15) is 5.75 Å². The summed E-state index contributed by atoms with van der Waals surface area (Å²) in [5, 5.41) is 0. The summed E-state index contributed by atoms with van der Waals surface area (Å²) in [6.45, 7) is 9.98. The van der Waals surface area contributed by atoms with Gasteiger partial charge in [-0.25, -0.2) is 4.98 Å². The monoisotopic (exact) mass is 311 g/mol. The van der Waals surface area contributed by atoms with Crippen molar-refractivity contribution < 1.29 is 4.74 Å². The third kappa shape index (κ3) is 3.82. The number of hydrogen-bond donors (Lipinski definition) is 1. The molecule has 122 valence electrons. The van der Waals surface area contributed by atoms with Crippen molar-refractivity contribution in [3.63, 3.8) is 0 Å². The maximum atomic E-state index is 5.99. The minimum Gasteiger partial charge on any atom is -0.437 e. The fourth-order valence-corrected chi connectivity index (χ4v) is 3.13. The predicted molar refractivity (Wildman–Crippen MR) is 93.6 cm³/mol. The van der Waals surface area contributed by atoms with Gasteiger partial charge < -0.3 is 10.5 Å². The van der Waals surface area contributed by atoms with Crippen molar-refractivity contribution in [2.45, 2.75) is 33.7 Å². The zero-order chi connectivity index (χ0) is 16.4. The van der Waals surface area contributed by atoms with E-state index in [0.717, 1.165) is 31.8 Å². The lowest BCUT2D eigenvalue weighted by Gasteiger charge is -2.34. The Bertz CT molecular complexity index is 691. The van der Waals surface area contributed by atoms with Gasteiger partial charge in [0.25, 0.3) is 0 Å². The van der Waals surface area contributed by atoms with E-state index in [1.807, 2.05) is 24.3 Å². The Morgan fingerprint density at radius 3 is 2.78 bits per heavy atom. The first-order chi connectivity index (χ1) is 10.9. The maximum Gasteiger partial charge on any atom is 0.242 e. The van der Waals surface area contributed by atoms with Gasteiger partial charge in [0.2, 0.25) is 5.88 Å². The van der Waals surface area contributed by atoms with E-state index in [4.69, 9.17) is 10.5 Å². The lowest BCUT2D eigenvalue weighted by Crippen LogP contribution is -2.36. The zero-order valence-electron chi connectivity index (χ0n) is 14.2. The van der Waals surface area contributed by atoms with E-state index in [2.05, 4.69) is 36.7 Å². The van der Waals surface area contributed by atoms with E-state index in [9.17, 15) is 0 Å². The van der Waals surface area contributed by atoms with Gasteiger partial charge in [-0.05, 0) is 35.6 Å². The van der Waals surface area contributed by atoms with E-state index < -0.39 is 0 Å². The van der Waals surface area contributed by atoms with Crippen molar-refractivity contribution in [2.24, 2.45) is 5.41 Å². The summed E-state index contributed by atoms with van der Waals surface area (Å²) >= 11 is 0. The summed E-state index contributed by atoms with van der Waals surface area (Å²) in [5.41, 5.74) is 9.44. The fraction of sp³-hybridized carbons (Fsp3) is 0.421. The maximum absolute atomic E-state index is 5.99. The Balaban J connectivity index is 1.81. The number of ether oxygens (including phenoxy) is 1. The molecule has 2 heterocycles. The van der Waals surface area contributed by atoms with Crippen LogP contribution in [0.4, 0.5) is 5.69 Å². The molecule has 1 aliphatic rings. The molecular formula is C19H25N3O. The van der Waals surface area contributed by atoms with E-state index in [0.29, 0.717) is 17.0 Å². The van der Waals surface area contributed by atoms with Gasteiger partial charge >= 0.3 is 0 Å². The van der Waals surface area contributed by atoms with Crippen molar-refractivity contribution in [1.29, 1.82) is 0 Å². The number of nitrogen functional groups attached to an aromatic ring is 1. The van der Waals surface area contributed by atoms with Gasteiger partial charge in [0, 0.05) is 31.4 Å². The van der Waals surface area contributed by atoms with E-state index in [1.165, 1.54) is 11.1 Å². The first-order valence-electron chi connectivity index (χ1n) is 8.14. The molecule has 0 unspecified atom stereocenters. The zero-order valence-corrected chi connectivity index (χ0v) is 14.2. The van der Waals surface area contributed by atoms with Crippen LogP contribution < -0.4 is 10.5 Å². The van der Waals surface area contributed by atoms with Crippen LogP contribution in [-0.4, -0.2) is 23.0 Å². The molecule has 1 aromatic carbocycles. The Labute approximate surface area is 138 Å². The lowest BCUT2D eigenvalue weighted by molar-refractivity contribution is 0.176. The summed E-state index contributed by atoms with van der Waals surface area (Å²) in [5.74, 6) is 1.36. The number of aromatic nitrogens is 1. The molecule has 0 saturated heterocycles. The number of rotatable bonds is 3. The fourth-order valence-electron chi connectivity index (χ4n) is 3.13. The van der Waals surface area contributed by atoms with Crippen molar-refractivity contribution in [2.75, 3.05) is 18.8 Å². The highest BCUT2D eigenvalue weighted by molar-refractivity contribution is 5.51. The number of pyridine rings is 1. The van der Waals surface area contributed by atoms with Crippen LogP contribution in [0.2, 0.25) is 0 Å². The number of hydrogen-bond acceptors (Lipinski definition) is 4. The molecule has 0 spiro atoms. The number of anilines is 1. The molecule has 0 radical (unpaired) electrons. The smallest absolute Gasteiger partial charge is 0.242 e. The average Bonchev–Trinajstić information content (AvgIpc) is 2.48. The van der Waals surface area contributed by atoms with Crippen LogP contribution >= 0.6 is 0 Å². The highest BCUT2D eigenvalue weighted by Gasteiger charge is 2.23. The quantitative estimate of drug-likeness (QED) is 0.935. The molecule has 3 rings (SSSR count). The molecule has 0 atom stereocenters. The molecule has 1 aromatic heterocycles. The Morgan fingerprint density at radius 2 is 2.04 bits per heavy atom. The molecule has 4 heteroatoms. The van der Waals surface area contributed by atoms with Crippen molar-refractivity contribution in [1.82, 2.24) is 9.88 Å². The van der Waals surface area contributed by atoms with Gasteiger partial charge in [0.15, 0.2) is 0 Å². The minimum atomic E-state index is 0.314. The number of benzene rings is 1. The summed E-state index contributed by atoms with van der Waals surface area (Å²) in [4.78, 5) is 6.74. The first kappa shape index (κ1) is 15.8. The number of fused-ring (bicyclic) bond motifs is 1. The van der Waals surface area contributed by atoms with E-state index in [-0.39, 0.29) is 0 Å². The summed E-state index contributed by atoms with van der Waals surface area (Å²) < 4.78 is 5.99. The Hall–Kier alpha value is -2.07. The molecule has 0 amide bonds. The molecule has 2 N–H and O–H groups in total. The summed E-state index contributed by atoms with van der Waals surface area (Å²) in [6.07, 6.45) is 2.69. The standard InChI is InChI=1S/C19H25N3O/c1-19(2,3)13-22-11-9-15-14(12-22)6-4-8-17(15)23-18-16(20)7-5-10-21-18/h4-8,10H,9,11-13,20H2,1-3H3. The lowest BCUT2D eigenvalue weighted by atomic mass is 9.93. The van der Waals surface area contributed by atoms with Gasteiger partial charge in [-0.2, -0.15) is 0 Å². The van der Waals surface area contributed by atoms with Crippen LogP contribution in [-0.2, 0) is 13.0 Å². The third-order valence-corrected chi connectivity index (χ3v) is 4.01. The predicted octanol–water partition coefficient (Wildman–Crippen LogP) is 3.86. The van der Waals surface area contributed by atoms with Gasteiger partial charge in [-0.15, -0.1) is 0 Å². The van der Waals surface area contributed by atoms with Crippen molar-refractivity contribution >= 4 is 5.69 Å². The van der Waals surface area contributed by atoms with Crippen molar-refractivity contribution in [3.8, 4) is 11.6 Å². The molecule has 2 aromatic rings. The average molecular weight is 311 g/mol. The Kier molecular flexibility index (Phi) is 4.26. The molecule has 0 fully saturated rings. The number of nitrogens with zero attached hydrogens (tertiary/aromatic N) is 2. The van der Waals surface area contributed by atoms with Crippen LogP contribution in [0.15, 0.2) is 36.5 Å². The molecule has 0 saturated carbocycles. The first-order valence-corrected chi connectivity index (χ1v) is 8.14. The minimum absolute atomic E-state index is 0.314. The van der Waals surface area contributed by atoms with Crippen LogP contribution in [0, 0.1) is 5.41 Å². The van der Waals surface area contributed by atoms with Gasteiger partial charge in [-0.1, -0.05) is 32.9 Å². The van der Waals surface area contributed by atoms with Gasteiger partial charge in [0.05, 0.1) is 5.69 Å². The van der Waals surface area contributed by atoms with Crippen LogP contribution in [0.3, 0.4) is 0 Å². The van der Waals surface area contributed by atoms with Crippen molar-refractivity contribution in [3.05, 3.63) is 47.7 Å². The molecule has 1 aliphatic heterocycles. The normalized spacial score (nSPS) is 15.3. The highest BCUT2D eigenvalue weighted by Crippen LogP contribution is 2.33. The molecular weight excluding hydrogens is 286 g/mol. The van der Waals surface area contributed by atoms with Crippen LogP contribution in [0.1, 0.15) is 31.9 Å². The van der Waals surface area contributed by atoms with E-state index in [1.54, 1.807) is 6.20 Å². The second-order valence-corrected chi connectivity index (χ2v) is 7.41. The Morgan fingerprint density at radius 1 is 1.22 bits per heavy atom. The topological polar surface area (TPSA) is 51.4 Å². The number of nitrogens with two attached hydrogens (primary N) is 1.